The number of benzene rings is 1. The van der Waals surface area contributed by atoms with Crippen LogP contribution in [-0.2, 0) is 34.6 Å². The lowest BCUT2D eigenvalue weighted by molar-refractivity contribution is -0.137. The molecule has 8 aliphatic rings. The maximum absolute atomic E-state index is 15.2. The van der Waals surface area contributed by atoms with E-state index >= 15 is 4.79 Å². The van der Waals surface area contributed by atoms with Gasteiger partial charge < -0.3 is 29.5 Å². The monoisotopic (exact) mass is 1000 g/mol. The second-order valence-corrected chi connectivity index (χ2v) is 24.6. The van der Waals surface area contributed by atoms with Crippen molar-refractivity contribution in [2.45, 2.75) is 151 Å². The molecule has 6 aliphatic heterocycles. The number of aromatic nitrogens is 4. The summed E-state index contributed by atoms with van der Waals surface area (Å²) in [5.74, 6) is 0.815. The number of sulfonamides is 1. The average molecular weight is 1000 g/mol. The minimum absolute atomic E-state index is 0.0900. The van der Waals surface area contributed by atoms with Crippen molar-refractivity contribution in [2.24, 2.45) is 5.92 Å². The van der Waals surface area contributed by atoms with Crippen molar-refractivity contribution in [3.63, 3.8) is 0 Å². The molecule has 1 spiro atoms. The number of rotatable bonds is 11. The molecule has 17 nitrogen and oxygen atoms in total. The van der Waals surface area contributed by atoms with Gasteiger partial charge in [0.1, 0.15) is 11.3 Å². The molecule has 0 radical (unpaired) electrons. The Morgan fingerprint density at radius 2 is 1.57 bits per heavy atom. The van der Waals surface area contributed by atoms with Crippen molar-refractivity contribution in [1.82, 2.24) is 38.9 Å². The number of amides is 4. The van der Waals surface area contributed by atoms with E-state index in [0.29, 0.717) is 89.6 Å². The second-order valence-electron chi connectivity index (χ2n) is 22.4. The van der Waals surface area contributed by atoms with Crippen LogP contribution in [0.2, 0.25) is 0 Å². The van der Waals surface area contributed by atoms with Gasteiger partial charge in [-0.15, -0.1) is 0 Å². The van der Waals surface area contributed by atoms with Crippen LogP contribution in [0.1, 0.15) is 133 Å². The molecular formula is C54H69N11O6S. The molecule has 9 heterocycles. The third-order valence-corrected chi connectivity index (χ3v) is 20.2. The second kappa shape index (κ2) is 18.8. The normalized spacial score (nSPS) is 25.8. The zero-order valence-corrected chi connectivity index (χ0v) is 42.6. The lowest BCUT2D eigenvalue weighted by atomic mass is 9.73. The van der Waals surface area contributed by atoms with Crippen molar-refractivity contribution in [3.8, 4) is 11.3 Å². The van der Waals surface area contributed by atoms with E-state index in [-0.39, 0.29) is 60.6 Å². The summed E-state index contributed by atoms with van der Waals surface area (Å²) in [7, 11) is -3.68. The third kappa shape index (κ3) is 8.55. The largest absolute Gasteiger partial charge is 0.366 e. The highest BCUT2D eigenvalue weighted by atomic mass is 32.2. The van der Waals surface area contributed by atoms with Crippen LogP contribution in [0.15, 0.2) is 48.9 Å². The van der Waals surface area contributed by atoms with Crippen molar-refractivity contribution in [2.75, 3.05) is 67.5 Å². The number of anilines is 3. The van der Waals surface area contributed by atoms with Crippen molar-refractivity contribution >= 4 is 62.0 Å². The highest BCUT2D eigenvalue weighted by molar-refractivity contribution is 7.89. The van der Waals surface area contributed by atoms with Gasteiger partial charge in [0.2, 0.25) is 33.7 Å². The van der Waals surface area contributed by atoms with Gasteiger partial charge in [0, 0.05) is 93.2 Å². The van der Waals surface area contributed by atoms with Crippen LogP contribution in [-0.4, -0.2) is 141 Å². The van der Waals surface area contributed by atoms with E-state index in [9.17, 15) is 22.8 Å². The van der Waals surface area contributed by atoms with Gasteiger partial charge in [-0.05, 0) is 140 Å². The minimum atomic E-state index is -3.68. The predicted molar refractivity (Wildman–Crippen MR) is 275 cm³/mol. The Hall–Kier alpha value is -5.46. The van der Waals surface area contributed by atoms with Crippen LogP contribution in [0.3, 0.4) is 0 Å². The van der Waals surface area contributed by atoms with Crippen LogP contribution < -0.4 is 20.4 Å². The summed E-state index contributed by atoms with van der Waals surface area (Å²) in [4.78, 5) is 76.5. The highest BCUT2D eigenvalue weighted by Crippen LogP contribution is 2.53. The Labute approximate surface area is 422 Å². The van der Waals surface area contributed by atoms with Gasteiger partial charge in [-0.25, -0.2) is 27.7 Å². The topological polar surface area (TPSA) is 186 Å². The summed E-state index contributed by atoms with van der Waals surface area (Å²) in [5, 5.41) is 5.53. The van der Waals surface area contributed by atoms with E-state index in [1.807, 2.05) is 23.4 Å². The van der Waals surface area contributed by atoms with Crippen molar-refractivity contribution < 1.29 is 27.6 Å². The molecule has 3 aromatic heterocycles. The number of likely N-dealkylation sites (tertiary alicyclic amines) is 2. The first-order chi connectivity index (χ1) is 34.8. The number of nitrogens with zero attached hydrogens (tertiary/aromatic N) is 9. The van der Waals surface area contributed by atoms with Gasteiger partial charge in [0.05, 0.1) is 34.1 Å². The number of pyridine rings is 2. The number of fused-ring (bicyclic) bond motifs is 3. The predicted octanol–water partition coefficient (Wildman–Crippen LogP) is 6.10. The number of carbonyl (C=O) groups is 4. The minimum Gasteiger partial charge on any atom is -0.366 e. The number of piperidine rings is 5. The van der Waals surface area contributed by atoms with Crippen molar-refractivity contribution in [1.29, 1.82) is 0 Å². The van der Waals surface area contributed by atoms with Crippen LogP contribution in [0.25, 0.3) is 22.3 Å². The number of hydrogen-bond acceptors (Lipinski definition) is 12. The fraction of sp³-hybridized carbons (Fsp3) is 0.611. The molecule has 0 bridgehead atoms. The van der Waals surface area contributed by atoms with E-state index in [0.717, 1.165) is 89.5 Å². The molecule has 1 unspecified atom stereocenters. The molecule has 4 aromatic rings. The van der Waals surface area contributed by atoms with E-state index < -0.39 is 20.7 Å². The van der Waals surface area contributed by atoms with Gasteiger partial charge in [-0.2, -0.15) is 0 Å². The molecule has 12 rings (SSSR count). The third-order valence-electron chi connectivity index (χ3n) is 17.8. The first-order valence-corrected chi connectivity index (χ1v) is 28.5. The Morgan fingerprint density at radius 1 is 0.819 bits per heavy atom. The van der Waals surface area contributed by atoms with Crippen LogP contribution in [0.4, 0.5) is 17.3 Å². The Kier molecular flexibility index (Phi) is 12.4. The molecule has 382 valence electrons. The molecule has 2 N–H and O–H groups in total. The first-order valence-electron chi connectivity index (χ1n) is 27.0. The summed E-state index contributed by atoms with van der Waals surface area (Å²) >= 11 is 0. The zero-order valence-electron chi connectivity index (χ0n) is 41.8. The zero-order chi connectivity index (χ0) is 49.5. The lowest BCUT2D eigenvalue weighted by Gasteiger charge is -2.48. The Morgan fingerprint density at radius 3 is 2.25 bits per heavy atom. The van der Waals surface area contributed by atoms with Gasteiger partial charge in [0.15, 0.2) is 5.82 Å². The van der Waals surface area contributed by atoms with E-state index in [1.54, 1.807) is 10.5 Å². The number of hydrogen-bond donors (Lipinski definition) is 2. The molecule has 2 saturated carbocycles. The van der Waals surface area contributed by atoms with Crippen molar-refractivity contribution in [3.05, 3.63) is 60.0 Å². The molecule has 72 heavy (non-hydrogen) atoms. The van der Waals surface area contributed by atoms with Gasteiger partial charge in [-0.1, -0.05) is 24.6 Å². The molecule has 7 fully saturated rings. The summed E-state index contributed by atoms with van der Waals surface area (Å²) in [5.41, 5.74) is 5.60. The molecule has 4 amide bonds. The lowest BCUT2D eigenvalue weighted by Crippen LogP contribution is -2.58. The van der Waals surface area contributed by atoms with E-state index in [4.69, 9.17) is 9.97 Å². The fourth-order valence-electron chi connectivity index (χ4n) is 13.2. The number of carbonyl (C=O) groups excluding carboxylic acids is 4. The number of imidazole rings is 1. The van der Waals surface area contributed by atoms with Gasteiger partial charge >= 0.3 is 0 Å². The van der Waals surface area contributed by atoms with E-state index in [2.05, 4.69) is 73.0 Å². The number of imide groups is 1. The summed E-state index contributed by atoms with van der Waals surface area (Å²) < 4.78 is 32.8. The van der Waals surface area contributed by atoms with Crippen LogP contribution in [0.5, 0.6) is 0 Å². The SMILES string of the molecule is CC(C)n1cnc2cc(-c3ccc4c(c3)N(C3CC(N5CCCCC5)C3)C(=O)C43CCN(S(=O)(=O)C4CCN(C(=O)C5CCN(c6ccc(C7CCC(=O)NC7=O)cn6)CC5)CC4)CC3)nc(NC3CC3)c21. The van der Waals surface area contributed by atoms with Crippen LogP contribution >= 0.6 is 0 Å². The Balaban J connectivity index is 0.707. The Bertz CT molecular complexity index is 2870. The average Bonchev–Trinajstić information content (AvgIpc) is 4.05. The smallest absolute Gasteiger partial charge is 0.238 e. The molecule has 1 aromatic carbocycles. The summed E-state index contributed by atoms with van der Waals surface area (Å²) in [6.07, 6.45) is 15.3. The summed E-state index contributed by atoms with van der Waals surface area (Å²) in [6, 6.07) is 13.5. The van der Waals surface area contributed by atoms with E-state index in [1.165, 1.54) is 19.3 Å². The quantitative estimate of drug-likeness (QED) is 0.165. The summed E-state index contributed by atoms with van der Waals surface area (Å²) in [6.45, 7) is 9.29. The molecular weight excluding hydrogens is 931 g/mol. The standard InChI is InChI=1S/C54H69N11O6S/c1-34(2)64-33-56-45-31-44(58-50(49(45)64)57-38-8-9-38)36-6-11-43-46(28-36)65(40-29-39(30-40)60-20-4-3-5-21-60)53(69)54(43)18-26-63(27-19-54)72(70,71)41-16-24-62(25-17-41)52(68)35-14-22-61(23-15-35)47-12-7-37(32-55-47)42-10-13-48(66)59-51(42)67/h6-7,11-12,28,31-35,38-42H,3-5,8-10,13-27,29-30H2,1-2H3,(H,57,58)(H,59,66,67). The molecule has 2 aliphatic carbocycles. The van der Waals surface area contributed by atoms with Gasteiger partial charge in [-0.3, -0.25) is 24.5 Å². The molecule has 18 heteroatoms. The highest BCUT2D eigenvalue weighted by Gasteiger charge is 2.57. The maximum Gasteiger partial charge on any atom is 0.238 e. The number of nitrogens with one attached hydrogen (secondary N) is 2. The first kappa shape index (κ1) is 47.5. The molecule has 5 saturated heterocycles. The molecule has 1 atom stereocenters. The van der Waals surface area contributed by atoms with Crippen LogP contribution in [0, 0.1) is 5.92 Å². The van der Waals surface area contributed by atoms with Gasteiger partial charge in [0.25, 0.3) is 0 Å². The maximum atomic E-state index is 15.2. The fourth-order valence-corrected chi connectivity index (χ4v) is 15.1.